The number of carbonyl (C=O) groups excluding carboxylic acids is 2. The minimum atomic E-state index is -0.551. The molecule has 0 saturated carbocycles. The number of alkyl carbamates (subject to hydrolysis) is 1. The first-order valence-corrected chi connectivity index (χ1v) is 16.9. The molecule has 5 rings (SSSR count). The third-order valence-corrected chi connectivity index (χ3v) is 9.22. The van der Waals surface area contributed by atoms with Crippen molar-refractivity contribution in [2.24, 2.45) is 5.41 Å². The number of nitriles is 1. The summed E-state index contributed by atoms with van der Waals surface area (Å²) in [7, 11) is 0. The van der Waals surface area contributed by atoms with Crippen LogP contribution < -0.4 is 15.0 Å². The maximum atomic E-state index is 14.4. The molecule has 13 heteroatoms. The highest BCUT2D eigenvalue weighted by atomic mass is 19.1. The standard InChI is InChI=1S/C35H48FN7O5/c1-24(2)43(14-6-13-37)32(44)28-17-25(36)7-10-29(28)47-30-18-38-23-39-31(30)42-21-35(22-42)11-15-41(16-12-35)19-27-9-8-26(20-46-27)40-33(45)48-34(3,4)5/h7,10,17-18,23-24,26-27H,6,8-9,11-12,14-16,19-22H2,1-5H3,(H,40,45)/t26-,27+/m1/s1. The highest BCUT2D eigenvalue weighted by Crippen LogP contribution is 2.45. The summed E-state index contributed by atoms with van der Waals surface area (Å²) < 4.78 is 32.1. The summed E-state index contributed by atoms with van der Waals surface area (Å²) in [5, 5.41) is 12.0. The summed E-state index contributed by atoms with van der Waals surface area (Å²) in [5.41, 5.74) is -0.258. The van der Waals surface area contributed by atoms with Crippen LogP contribution in [0.4, 0.5) is 15.0 Å². The number of anilines is 1. The van der Waals surface area contributed by atoms with Crippen LogP contribution in [0.3, 0.4) is 0 Å². The van der Waals surface area contributed by atoms with Crippen molar-refractivity contribution < 1.29 is 28.2 Å². The van der Waals surface area contributed by atoms with E-state index in [-0.39, 0.29) is 47.9 Å². The lowest BCUT2D eigenvalue weighted by molar-refractivity contribution is -0.0347. The van der Waals surface area contributed by atoms with Crippen molar-refractivity contribution in [1.29, 1.82) is 5.26 Å². The Morgan fingerprint density at radius 3 is 2.60 bits per heavy atom. The van der Waals surface area contributed by atoms with E-state index in [0.29, 0.717) is 18.2 Å². The number of nitrogens with one attached hydrogen (secondary N) is 1. The number of aromatic nitrogens is 2. The summed E-state index contributed by atoms with van der Waals surface area (Å²) in [5.74, 6) is 0.285. The highest BCUT2D eigenvalue weighted by molar-refractivity contribution is 5.97. The molecule has 4 heterocycles. The van der Waals surface area contributed by atoms with Gasteiger partial charge in [-0.3, -0.25) is 4.79 Å². The van der Waals surface area contributed by atoms with Crippen LogP contribution in [-0.2, 0) is 9.47 Å². The van der Waals surface area contributed by atoms with Crippen molar-refractivity contribution in [2.45, 2.75) is 90.5 Å². The summed E-state index contributed by atoms with van der Waals surface area (Å²) in [6.45, 7) is 14.5. The number of halogens is 1. The van der Waals surface area contributed by atoms with E-state index in [1.807, 2.05) is 34.6 Å². The molecule has 1 N–H and O–H groups in total. The second-order valence-corrected chi connectivity index (χ2v) is 14.5. The zero-order valence-corrected chi connectivity index (χ0v) is 28.7. The maximum Gasteiger partial charge on any atom is 0.407 e. The molecule has 1 aromatic carbocycles. The Bertz CT molecular complexity index is 1470. The molecule has 3 saturated heterocycles. The number of ether oxygens (including phenoxy) is 3. The van der Waals surface area contributed by atoms with E-state index in [4.69, 9.17) is 19.5 Å². The van der Waals surface area contributed by atoms with E-state index in [1.54, 1.807) is 11.1 Å². The second kappa shape index (κ2) is 15.0. The zero-order valence-electron chi connectivity index (χ0n) is 28.7. The van der Waals surface area contributed by atoms with Crippen LogP contribution in [-0.4, -0.2) is 101 Å². The molecular weight excluding hydrogens is 617 g/mol. The molecular formula is C35H48FN7O5. The fraction of sp³-hybridized carbons (Fsp3) is 0.629. The Hall–Kier alpha value is -4.02. The average Bonchev–Trinajstić information content (AvgIpc) is 3.01. The van der Waals surface area contributed by atoms with Crippen LogP contribution >= 0.6 is 0 Å². The Morgan fingerprint density at radius 2 is 1.96 bits per heavy atom. The molecule has 0 radical (unpaired) electrons. The number of amides is 2. The van der Waals surface area contributed by atoms with Crippen LogP contribution in [0.15, 0.2) is 30.7 Å². The average molecular weight is 666 g/mol. The van der Waals surface area contributed by atoms with E-state index < -0.39 is 23.4 Å². The van der Waals surface area contributed by atoms with Gasteiger partial charge in [0.15, 0.2) is 11.6 Å². The quantitative estimate of drug-likeness (QED) is 0.364. The second-order valence-electron chi connectivity index (χ2n) is 14.5. The summed E-state index contributed by atoms with van der Waals surface area (Å²) >= 11 is 0. The van der Waals surface area contributed by atoms with Crippen molar-refractivity contribution in [3.63, 3.8) is 0 Å². The Balaban J connectivity index is 1.13. The first-order chi connectivity index (χ1) is 22.8. The number of rotatable bonds is 10. The van der Waals surface area contributed by atoms with E-state index in [0.717, 1.165) is 58.4 Å². The normalized spacial score (nSPS) is 20.9. The van der Waals surface area contributed by atoms with Crippen LogP contribution in [0.2, 0.25) is 0 Å². The van der Waals surface area contributed by atoms with Gasteiger partial charge < -0.3 is 34.2 Å². The molecule has 3 fully saturated rings. The molecule has 0 unspecified atom stereocenters. The predicted octanol–water partition coefficient (Wildman–Crippen LogP) is 5.15. The van der Waals surface area contributed by atoms with Gasteiger partial charge in [-0.1, -0.05) is 0 Å². The Labute approximate surface area is 282 Å². The first kappa shape index (κ1) is 35.3. The first-order valence-electron chi connectivity index (χ1n) is 16.9. The number of carbonyl (C=O) groups is 2. The third kappa shape index (κ3) is 8.90. The fourth-order valence-corrected chi connectivity index (χ4v) is 6.68. The molecule has 260 valence electrons. The van der Waals surface area contributed by atoms with Crippen LogP contribution in [0.5, 0.6) is 11.5 Å². The van der Waals surface area contributed by atoms with Crippen molar-refractivity contribution in [1.82, 2.24) is 25.1 Å². The van der Waals surface area contributed by atoms with Gasteiger partial charge in [-0.25, -0.2) is 19.2 Å². The van der Waals surface area contributed by atoms with Crippen molar-refractivity contribution in [3.8, 4) is 17.6 Å². The van der Waals surface area contributed by atoms with Crippen LogP contribution in [0.25, 0.3) is 0 Å². The van der Waals surface area contributed by atoms with Crippen LogP contribution in [0, 0.1) is 22.6 Å². The molecule has 2 amide bonds. The van der Waals surface area contributed by atoms with Gasteiger partial charge in [-0.05, 0) is 91.6 Å². The van der Waals surface area contributed by atoms with E-state index in [2.05, 4.69) is 31.2 Å². The summed E-state index contributed by atoms with van der Waals surface area (Å²) in [4.78, 5) is 40.5. The molecule has 48 heavy (non-hydrogen) atoms. The Kier molecular flexibility index (Phi) is 11.1. The van der Waals surface area contributed by atoms with Crippen LogP contribution in [0.1, 0.15) is 77.1 Å². The van der Waals surface area contributed by atoms with E-state index >= 15 is 0 Å². The number of hydrogen-bond donors (Lipinski definition) is 1. The van der Waals surface area contributed by atoms with Gasteiger partial charge in [0.1, 0.15) is 23.5 Å². The highest BCUT2D eigenvalue weighted by Gasteiger charge is 2.46. The lowest BCUT2D eigenvalue weighted by Gasteiger charge is -2.54. The molecule has 0 aliphatic carbocycles. The Morgan fingerprint density at radius 1 is 1.21 bits per heavy atom. The summed E-state index contributed by atoms with van der Waals surface area (Å²) in [6.07, 6.45) is 6.85. The molecule has 1 aromatic heterocycles. The van der Waals surface area contributed by atoms with Crippen molar-refractivity contribution in [2.75, 3.05) is 50.8 Å². The molecule has 0 bridgehead atoms. The van der Waals surface area contributed by atoms with Gasteiger partial charge in [-0.15, -0.1) is 0 Å². The number of benzene rings is 1. The zero-order chi connectivity index (χ0) is 34.5. The smallest absolute Gasteiger partial charge is 0.407 e. The van der Waals surface area contributed by atoms with E-state index in [9.17, 15) is 14.0 Å². The molecule has 12 nitrogen and oxygen atoms in total. The third-order valence-electron chi connectivity index (χ3n) is 9.22. The number of hydrogen-bond acceptors (Lipinski definition) is 10. The van der Waals surface area contributed by atoms with Gasteiger partial charge in [0.25, 0.3) is 5.91 Å². The number of likely N-dealkylation sites (tertiary alicyclic amines) is 1. The van der Waals surface area contributed by atoms with Gasteiger partial charge in [0.05, 0.1) is 43.0 Å². The SMILES string of the molecule is CC(C)N(CCC#N)C(=O)c1cc(F)ccc1Oc1cncnc1N1CC2(CCN(C[C@@H]3CC[C@@H](NC(=O)OC(C)(C)C)CO3)CC2)C1. The van der Waals surface area contributed by atoms with E-state index in [1.165, 1.54) is 24.5 Å². The predicted molar refractivity (Wildman–Crippen MR) is 177 cm³/mol. The lowest BCUT2D eigenvalue weighted by atomic mass is 9.72. The van der Waals surface area contributed by atoms with Gasteiger partial charge in [-0.2, -0.15) is 5.26 Å². The minimum absolute atomic E-state index is 0.0309. The molecule has 2 atom stereocenters. The lowest BCUT2D eigenvalue weighted by Crippen LogP contribution is -2.61. The van der Waals surface area contributed by atoms with Gasteiger partial charge in [0, 0.05) is 37.6 Å². The van der Waals surface area contributed by atoms with Crippen molar-refractivity contribution in [3.05, 3.63) is 42.1 Å². The molecule has 2 aromatic rings. The monoisotopic (exact) mass is 665 g/mol. The van der Waals surface area contributed by atoms with Gasteiger partial charge in [0.2, 0.25) is 0 Å². The fourth-order valence-electron chi connectivity index (χ4n) is 6.68. The number of nitrogens with zero attached hydrogens (tertiary/aromatic N) is 6. The maximum absolute atomic E-state index is 14.4. The van der Waals surface area contributed by atoms with Gasteiger partial charge >= 0.3 is 6.09 Å². The number of piperidine rings is 1. The molecule has 3 aliphatic heterocycles. The minimum Gasteiger partial charge on any atom is -0.451 e. The topological polar surface area (TPSA) is 133 Å². The largest absolute Gasteiger partial charge is 0.451 e. The van der Waals surface area contributed by atoms with Crippen molar-refractivity contribution >= 4 is 17.8 Å². The molecule has 3 aliphatic rings. The molecule has 1 spiro atoms. The summed E-state index contributed by atoms with van der Waals surface area (Å²) in [6, 6.07) is 5.74.